The molecule has 3 heteroatoms. The second-order valence-corrected chi connectivity index (χ2v) is 5.97. The van der Waals surface area contributed by atoms with Crippen LogP contribution in [0.3, 0.4) is 0 Å². The van der Waals surface area contributed by atoms with Crippen LogP contribution in [-0.2, 0) is 6.42 Å². The molecule has 0 aliphatic carbocycles. The Balaban J connectivity index is 2.12. The van der Waals surface area contributed by atoms with Crippen molar-refractivity contribution < 1.29 is 4.74 Å². The minimum atomic E-state index is 0.140. The summed E-state index contributed by atoms with van der Waals surface area (Å²) in [6.07, 6.45) is 2.67. The van der Waals surface area contributed by atoms with E-state index in [0.29, 0.717) is 11.8 Å². The van der Waals surface area contributed by atoms with Gasteiger partial charge in [-0.15, -0.1) is 0 Å². The smallest absolute Gasteiger partial charge is 0.222 e. The van der Waals surface area contributed by atoms with E-state index in [0.717, 1.165) is 23.3 Å². The molecule has 112 valence electrons. The predicted molar refractivity (Wildman–Crippen MR) is 86.9 cm³/mol. The number of pyridine rings is 1. The molecule has 0 saturated heterocycles. The Morgan fingerprint density at radius 1 is 1.14 bits per heavy atom. The Hall–Kier alpha value is -1.87. The van der Waals surface area contributed by atoms with E-state index >= 15 is 0 Å². The largest absolute Gasteiger partial charge is 0.439 e. The summed E-state index contributed by atoms with van der Waals surface area (Å²) in [5.41, 5.74) is 9.29. The van der Waals surface area contributed by atoms with Gasteiger partial charge in [0.05, 0.1) is 0 Å². The van der Waals surface area contributed by atoms with Crippen molar-refractivity contribution in [2.75, 3.05) is 0 Å². The first-order valence-corrected chi connectivity index (χ1v) is 7.44. The standard InChI is InChI=1S/C18H24N2O/c1-12(2)16-5-7-17(8-6-16)21-18-13(3)9-15(11-20-18)10-14(4)19/h5-9,11-12,14H,10,19H2,1-4H3. The summed E-state index contributed by atoms with van der Waals surface area (Å²) in [6, 6.07) is 10.4. The van der Waals surface area contributed by atoms with Gasteiger partial charge < -0.3 is 10.5 Å². The van der Waals surface area contributed by atoms with E-state index in [-0.39, 0.29) is 6.04 Å². The molecule has 0 amide bonds. The molecule has 0 bridgehead atoms. The Labute approximate surface area is 127 Å². The minimum Gasteiger partial charge on any atom is -0.439 e. The van der Waals surface area contributed by atoms with Gasteiger partial charge in [0.15, 0.2) is 0 Å². The van der Waals surface area contributed by atoms with Crippen molar-refractivity contribution >= 4 is 0 Å². The first-order chi connectivity index (χ1) is 9.95. The molecular formula is C18H24N2O. The number of aryl methyl sites for hydroxylation is 1. The van der Waals surface area contributed by atoms with Gasteiger partial charge in [0.2, 0.25) is 5.88 Å². The summed E-state index contributed by atoms with van der Waals surface area (Å²) in [7, 11) is 0. The number of aromatic nitrogens is 1. The molecule has 2 N–H and O–H groups in total. The van der Waals surface area contributed by atoms with E-state index < -0.39 is 0 Å². The molecule has 0 spiro atoms. The fourth-order valence-corrected chi connectivity index (χ4v) is 2.24. The molecule has 0 radical (unpaired) electrons. The maximum absolute atomic E-state index is 5.86. The maximum Gasteiger partial charge on any atom is 0.222 e. The zero-order valence-electron chi connectivity index (χ0n) is 13.3. The molecule has 0 aliphatic heterocycles. The molecule has 1 atom stereocenters. The Kier molecular flexibility index (Phi) is 4.97. The summed E-state index contributed by atoms with van der Waals surface area (Å²) in [5.74, 6) is 1.99. The molecule has 0 saturated carbocycles. The molecule has 0 fully saturated rings. The average Bonchev–Trinajstić information content (AvgIpc) is 2.42. The molecule has 1 aromatic carbocycles. The van der Waals surface area contributed by atoms with E-state index in [2.05, 4.69) is 37.0 Å². The van der Waals surface area contributed by atoms with Gasteiger partial charge in [-0.25, -0.2) is 4.98 Å². The molecule has 0 aliphatic rings. The molecule has 2 rings (SSSR count). The van der Waals surface area contributed by atoms with Crippen LogP contribution in [0, 0.1) is 6.92 Å². The number of nitrogens with zero attached hydrogens (tertiary/aromatic N) is 1. The Morgan fingerprint density at radius 3 is 2.33 bits per heavy atom. The van der Waals surface area contributed by atoms with Crippen molar-refractivity contribution in [3.05, 3.63) is 53.2 Å². The average molecular weight is 284 g/mol. The van der Waals surface area contributed by atoms with Crippen LogP contribution in [-0.4, -0.2) is 11.0 Å². The zero-order chi connectivity index (χ0) is 15.4. The van der Waals surface area contributed by atoms with Crippen LogP contribution in [0.1, 0.15) is 43.4 Å². The lowest BCUT2D eigenvalue weighted by atomic mass is 10.0. The number of nitrogens with two attached hydrogens (primary N) is 1. The molecule has 1 unspecified atom stereocenters. The third-order valence-corrected chi connectivity index (χ3v) is 3.41. The fourth-order valence-electron chi connectivity index (χ4n) is 2.24. The lowest BCUT2D eigenvalue weighted by molar-refractivity contribution is 0.458. The summed E-state index contributed by atoms with van der Waals surface area (Å²) in [6.45, 7) is 8.36. The summed E-state index contributed by atoms with van der Waals surface area (Å²) < 4.78 is 5.86. The first-order valence-electron chi connectivity index (χ1n) is 7.44. The van der Waals surface area contributed by atoms with Crippen molar-refractivity contribution in [1.29, 1.82) is 0 Å². The highest BCUT2D eigenvalue weighted by atomic mass is 16.5. The summed E-state index contributed by atoms with van der Waals surface area (Å²) in [5, 5.41) is 0. The fraction of sp³-hybridized carbons (Fsp3) is 0.389. The van der Waals surface area contributed by atoms with Crippen LogP contribution in [0.2, 0.25) is 0 Å². The topological polar surface area (TPSA) is 48.1 Å². The quantitative estimate of drug-likeness (QED) is 0.895. The van der Waals surface area contributed by atoms with Crippen LogP contribution in [0.15, 0.2) is 36.5 Å². The Morgan fingerprint density at radius 2 is 1.81 bits per heavy atom. The zero-order valence-corrected chi connectivity index (χ0v) is 13.3. The van der Waals surface area contributed by atoms with Crippen molar-refractivity contribution in [3.8, 4) is 11.6 Å². The lowest BCUT2D eigenvalue weighted by Gasteiger charge is -2.11. The van der Waals surface area contributed by atoms with Gasteiger partial charge in [0, 0.05) is 17.8 Å². The Bertz CT molecular complexity index is 589. The monoisotopic (exact) mass is 284 g/mol. The maximum atomic E-state index is 5.86. The van der Waals surface area contributed by atoms with E-state index in [1.807, 2.05) is 32.2 Å². The first kappa shape index (κ1) is 15.5. The van der Waals surface area contributed by atoms with Crippen LogP contribution < -0.4 is 10.5 Å². The minimum absolute atomic E-state index is 0.140. The number of rotatable bonds is 5. The van der Waals surface area contributed by atoms with Crippen LogP contribution in [0.5, 0.6) is 11.6 Å². The van der Waals surface area contributed by atoms with Gasteiger partial charge in [-0.1, -0.05) is 26.0 Å². The van der Waals surface area contributed by atoms with Gasteiger partial charge in [-0.05, 0) is 55.5 Å². The molecular weight excluding hydrogens is 260 g/mol. The molecule has 21 heavy (non-hydrogen) atoms. The van der Waals surface area contributed by atoms with Gasteiger partial charge in [0.1, 0.15) is 5.75 Å². The number of hydrogen-bond donors (Lipinski definition) is 1. The molecule has 2 aromatic rings. The SMILES string of the molecule is Cc1cc(CC(C)N)cnc1Oc1ccc(C(C)C)cc1. The summed E-state index contributed by atoms with van der Waals surface area (Å²) >= 11 is 0. The van der Waals surface area contributed by atoms with Crippen molar-refractivity contribution in [2.45, 2.75) is 46.1 Å². The predicted octanol–water partition coefficient (Wildman–Crippen LogP) is 4.20. The van der Waals surface area contributed by atoms with Crippen molar-refractivity contribution in [1.82, 2.24) is 4.98 Å². The van der Waals surface area contributed by atoms with Crippen molar-refractivity contribution in [3.63, 3.8) is 0 Å². The second kappa shape index (κ2) is 6.72. The van der Waals surface area contributed by atoms with E-state index in [1.54, 1.807) is 0 Å². The highest BCUT2D eigenvalue weighted by Gasteiger charge is 2.07. The number of ether oxygens (including phenoxy) is 1. The third kappa shape index (κ3) is 4.30. The number of hydrogen-bond acceptors (Lipinski definition) is 3. The molecule has 3 nitrogen and oxygen atoms in total. The van der Waals surface area contributed by atoms with E-state index in [9.17, 15) is 0 Å². The third-order valence-electron chi connectivity index (χ3n) is 3.41. The number of benzene rings is 1. The van der Waals surface area contributed by atoms with Crippen LogP contribution in [0.25, 0.3) is 0 Å². The highest BCUT2D eigenvalue weighted by Crippen LogP contribution is 2.25. The van der Waals surface area contributed by atoms with Gasteiger partial charge >= 0.3 is 0 Å². The van der Waals surface area contributed by atoms with Gasteiger partial charge in [-0.2, -0.15) is 0 Å². The highest BCUT2D eigenvalue weighted by molar-refractivity contribution is 5.35. The van der Waals surface area contributed by atoms with Gasteiger partial charge in [0.25, 0.3) is 0 Å². The van der Waals surface area contributed by atoms with E-state index in [4.69, 9.17) is 10.5 Å². The van der Waals surface area contributed by atoms with E-state index in [1.165, 1.54) is 5.56 Å². The van der Waals surface area contributed by atoms with Crippen LogP contribution >= 0.6 is 0 Å². The second-order valence-electron chi connectivity index (χ2n) is 5.97. The summed E-state index contributed by atoms with van der Waals surface area (Å²) in [4.78, 5) is 4.41. The van der Waals surface area contributed by atoms with Crippen LogP contribution in [0.4, 0.5) is 0 Å². The van der Waals surface area contributed by atoms with Crippen molar-refractivity contribution in [2.24, 2.45) is 5.73 Å². The van der Waals surface area contributed by atoms with Gasteiger partial charge in [-0.3, -0.25) is 0 Å². The lowest BCUT2D eigenvalue weighted by Crippen LogP contribution is -2.17. The molecule has 1 aromatic heterocycles. The molecule has 1 heterocycles. The normalized spacial score (nSPS) is 12.5.